The molecule has 0 spiro atoms. The zero-order valence-corrected chi connectivity index (χ0v) is 10.6. The second kappa shape index (κ2) is 6.49. The van der Waals surface area contributed by atoms with Gasteiger partial charge in [-0.25, -0.2) is 0 Å². The van der Waals surface area contributed by atoms with Gasteiger partial charge in [0.2, 0.25) is 0 Å². The van der Waals surface area contributed by atoms with Gasteiger partial charge in [-0.05, 0) is 38.6 Å². The van der Waals surface area contributed by atoms with Crippen LogP contribution in [0.15, 0.2) is 0 Å². The van der Waals surface area contributed by atoms with E-state index in [1.165, 1.54) is 38.8 Å². The molecule has 0 aliphatic carbocycles. The first-order valence-corrected chi connectivity index (χ1v) is 6.55. The lowest BCUT2D eigenvalue weighted by Crippen LogP contribution is -2.43. The normalized spacial score (nSPS) is 27.6. The number of likely N-dealkylation sites (tertiary alicyclic amines) is 1. The minimum atomic E-state index is -0.146. The quantitative estimate of drug-likeness (QED) is 0.759. The first kappa shape index (κ1) is 13.0. The number of hydrogen-bond donors (Lipinski definition) is 1. The van der Waals surface area contributed by atoms with Crippen LogP contribution in [0, 0.1) is 5.92 Å². The highest BCUT2D eigenvalue weighted by atomic mass is 16.3. The van der Waals surface area contributed by atoms with E-state index in [2.05, 4.69) is 18.7 Å². The summed E-state index contributed by atoms with van der Waals surface area (Å²) in [5.74, 6) is 0.791. The van der Waals surface area contributed by atoms with Gasteiger partial charge in [-0.1, -0.05) is 26.7 Å². The van der Waals surface area contributed by atoms with Gasteiger partial charge in [-0.15, -0.1) is 0 Å². The van der Waals surface area contributed by atoms with E-state index >= 15 is 0 Å². The summed E-state index contributed by atoms with van der Waals surface area (Å²) in [5.41, 5.74) is 0. The fraction of sp³-hybridized carbons (Fsp3) is 1.00. The highest BCUT2D eigenvalue weighted by Gasteiger charge is 2.24. The first-order valence-electron chi connectivity index (χ1n) is 6.55. The Morgan fingerprint density at radius 3 is 2.67 bits per heavy atom. The number of nitrogens with zero attached hydrogens (tertiary/aromatic N) is 1. The Morgan fingerprint density at radius 2 is 2.07 bits per heavy atom. The molecule has 0 bridgehead atoms. The van der Waals surface area contributed by atoms with Crippen LogP contribution >= 0.6 is 0 Å². The lowest BCUT2D eigenvalue weighted by molar-refractivity contribution is 0.0764. The van der Waals surface area contributed by atoms with E-state index in [4.69, 9.17) is 0 Å². The summed E-state index contributed by atoms with van der Waals surface area (Å²) < 4.78 is 0. The van der Waals surface area contributed by atoms with E-state index < -0.39 is 0 Å². The van der Waals surface area contributed by atoms with Gasteiger partial charge < -0.3 is 10.0 Å². The molecule has 0 radical (unpaired) electrons. The number of rotatable bonds is 5. The monoisotopic (exact) mass is 213 g/mol. The molecule has 1 fully saturated rings. The molecule has 1 heterocycles. The highest BCUT2D eigenvalue weighted by molar-refractivity contribution is 4.79. The van der Waals surface area contributed by atoms with Gasteiger partial charge in [0, 0.05) is 12.6 Å². The maximum Gasteiger partial charge on any atom is 0.0527 e. The largest absolute Gasteiger partial charge is 0.393 e. The molecular formula is C13H27NO. The fourth-order valence-electron chi connectivity index (χ4n) is 2.49. The summed E-state index contributed by atoms with van der Waals surface area (Å²) in [6, 6.07) is 0.632. The van der Waals surface area contributed by atoms with E-state index in [1.54, 1.807) is 0 Å². The molecule has 2 heteroatoms. The third kappa shape index (κ3) is 4.52. The van der Waals surface area contributed by atoms with E-state index in [0.29, 0.717) is 6.04 Å². The van der Waals surface area contributed by atoms with Crippen molar-refractivity contribution in [2.45, 2.75) is 65.0 Å². The van der Waals surface area contributed by atoms with Crippen molar-refractivity contribution in [3.05, 3.63) is 0 Å². The van der Waals surface area contributed by atoms with Gasteiger partial charge in [-0.2, -0.15) is 0 Å². The molecule has 90 valence electrons. The molecule has 3 atom stereocenters. The molecule has 1 saturated heterocycles. The van der Waals surface area contributed by atoms with Crippen LogP contribution in [0.2, 0.25) is 0 Å². The van der Waals surface area contributed by atoms with Gasteiger partial charge in [0.25, 0.3) is 0 Å². The van der Waals surface area contributed by atoms with E-state index in [9.17, 15) is 5.11 Å². The van der Waals surface area contributed by atoms with Crippen LogP contribution in [0.25, 0.3) is 0 Å². The van der Waals surface area contributed by atoms with Crippen LogP contribution in [0.4, 0.5) is 0 Å². The van der Waals surface area contributed by atoms with Crippen molar-refractivity contribution < 1.29 is 5.11 Å². The van der Waals surface area contributed by atoms with E-state index in [-0.39, 0.29) is 6.10 Å². The van der Waals surface area contributed by atoms with Crippen LogP contribution in [0.5, 0.6) is 0 Å². The van der Waals surface area contributed by atoms with Crippen LogP contribution in [-0.4, -0.2) is 35.2 Å². The van der Waals surface area contributed by atoms with Crippen molar-refractivity contribution in [1.29, 1.82) is 0 Å². The SMILES string of the molecule is CCC(C)CN1CCCCC1CC(C)O. The average Bonchev–Trinajstić information content (AvgIpc) is 2.20. The molecule has 1 rings (SSSR count). The number of hydrogen-bond acceptors (Lipinski definition) is 2. The molecule has 0 aromatic heterocycles. The maximum absolute atomic E-state index is 9.49. The van der Waals surface area contributed by atoms with Crippen LogP contribution in [0.3, 0.4) is 0 Å². The van der Waals surface area contributed by atoms with Crippen molar-refractivity contribution in [3.63, 3.8) is 0 Å². The van der Waals surface area contributed by atoms with Gasteiger partial charge in [0.15, 0.2) is 0 Å². The summed E-state index contributed by atoms with van der Waals surface area (Å²) >= 11 is 0. The molecule has 1 aliphatic heterocycles. The van der Waals surface area contributed by atoms with Gasteiger partial charge in [0.1, 0.15) is 0 Å². The Balaban J connectivity index is 2.42. The fourth-order valence-corrected chi connectivity index (χ4v) is 2.49. The maximum atomic E-state index is 9.49. The predicted molar refractivity (Wildman–Crippen MR) is 65.0 cm³/mol. The van der Waals surface area contributed by atoms with Crippen molar-refractivity contribution >= 4 is 0 Å². The average molecular weight is 213 g/mol. The summed E-state index contributed by atoms with van der Waals surface area (Å²) in [6.45, 7) is 8.96. The van der Waals surface area contributed by atoms with Crippen molar-refractivity contribution in [2.75, 3.05) is 13.1 Å². The number of aliphatic hydroxyl groups excluding tert-OH is 1. The molecule has 3 unspecified atom stereocenters. The third-order valence-corrected chi connectivity index (χ3v) is 3.61. The molecule has 0 aromatic carbocycles. The van der Waals surface area contributed by atoms with E-state index in [0.717, 1.165) is 12.3 Å². The zero-order chi connectivity index (χ0) is 11.3. The van der Waals surface area contributed by atoms with Gasteiger partial charge >= 0.3 is 0 Å². The minimum absolute atomic E-state index is 0.146. The number of aliphatic hydroxyl groups is 1. The van der Waals surface area contributed by atoms with Crippen molar-refractivity contribution in [3.8, 4) is 0 Å². The molecule has 0 amide bonds. The molecule has 0 aromatic rings. The third-order valence-electron chi connectivity index (χ3n) is 3.61. The second-order valence-corrected chi connectivity index (χ2v) is 5.24. The Bertz CT molecular complexity index is 170. The lowest BCUT2D eigenvalue weighted by atomic mass is 9.95. The Hall–Kier alpha value is -0.0800. The molecule has 2 nitrogen and oxygen atoms in total. The van der Waals surface area contributed by atoms with Crippen LogP contribution in [-0.2, 0) is 0 Å². The second-order valence-electron chi connectivity index (χ2n) is 5.24. The topological polar surface area (TPSA) is 23.5 Å². The summed E-state index contributed by atoms with van der Waals surface area (Å²) in [6.07, 6.45) is 6.03. The Morgan fingerprint density at radius 1 is 1.33 bits per heavy atom. The van der Waals surface area contributed by atoms with Crippen LogP contribution in [0.1, 0.15) is 52.9 Å². The Kier molecular flexibility index (Phi) is 5.62. The van der Waals surface area contributed by atoms with E-state index in [1.807, 2.05) is 6.92 Å². The van der Waals surface area contributed by atoms with Crippen molar-refractivity contribution in [2.24, 2.45) is 5.92 Å². The van der Waals surface area contributed by atoms with Gasteiger partial charge in [-0.3, -0.25) is 0 Å². The molecular weight excluding hydrogens is 186 g/mol. The molecule has 1 aliphatic rings. The molecule has 0 saturated carbocycles. The molecule has 1 N–H and O–H groups in total. The zero-order valence-electron chi connectivity index (χ0n) is 10.6. The smallest absolute Gasteiger partial charge is 0.0527 e. The molecule has 15 heavy (non-hydrogen) atoms. The van der Waals surface area contributed by atoms with Crippen LogP contribution < -0.4 is 0 Å². The summed E-state index contributed by atoms with van der Waals surface area (Å²) in [4.78, 5) is 2.60. The lowest BCUT2D eigenvalue weighted by Gasteiger charge is -2.37. The summed E-state index contributed by atoms with van der Waals surface area (Å²) in [7, 11) is 0. The Labute approximate surface area is 94.7 Å². The minimum Gasteiger partial charge on any atom is -0.393 e. The van der Waals surface area contributed by atoms with Gasteiger partial charge in [0.05, 0.1) is 6.10 Å². The summed E-state index contributed by atoms with van der Waals surface area (Å²) in [5, 5.41) is 9.49. The number of piperidine rings is 1. The standard InChI is InChI=1S/C13H27NO/c1-4-11(2)10-14-8-6-5-7-13(14)9-12(3)15/h11-13,15H,4-10H2,1-3H3. The predicted octanol–water partition coefficient (Wildman–Crippen LogP) is 2.66. The first-order chi connectivity index (χ1) is 7.13. The van der Waals surface area contributed by atoms with Crippen molar-refractivity contribution in [1.82, 2.24) is 4.90 Å². The highest BCUT2D eigenvalue weighted by Crippen LogP contribution is 2.22.